The molecule has 0 atom stereocenters. The number of anilines is 2. The van der Waals surface area contributed by atoms with Gasteiger partial charge < -0.3 is 20.1 Å². The standard InChI is InChI=1S/C25H27N7O2S2/c1-16(29-31-24(35)27-20-10-5-7-14-22(20)33-3)18-12-9-13-19(26-18)17(2)30-32-25(36)28-21-11-6-8-15-23(21)34-4/h5-15H,1-4H3,(H2,27,31,35)(H2,28,32,36)/b29-16+,30-17+. The third-order valence-corrected chi connectivity index (χ3v) is 5.24. The molecule has 2 aromatic carbocycles. The second-order valence-electron chi connectivity index (χ2n) is 7.33. The number of nitrogens with one attached hydrogen (secondary N) is 4. The lowest BCUT2D eigenvalue weighted by Crippen LogP contribution is -2.26. The number of nitrogens with zero attached hydrogens (tertiary/aromatic N) is 3. The molecule has 0 fully saturated rings. The molecule has 11 heteroatoms. The SMILES string of the molecule is COc1ccccc1NC(=S)N/N=C(\C)c1cccc(/C(C)=N/NC(=S)Nc2ccccc2OC)n1. The van der Waals surface area contributed by atoms with Gasteiger partial charge in [-0.2, -0.15) is 10.2 Å². The molecule has 1 heterocycles. The number of ether oxygens (including phenoxy) is 2. The molecule has 0 aliphatic rings. The zero-order chi connectivity index (χ0) is 25.9. The van der Waals surface area contributed by atoms with Crippen molar-refractivity contribution in [2.24, 2.45) is 10.2 Å². The molecule has 4 N–H and O–H groups in total. The third kappa shape index (κ3) is 7.45. The van der Waals surface area contributed by atoms with E-state index in [0.717, 1.165) is 11.4 Å². The van der Waals surface area contributed by atoms with Crippen LogP contribution in [-0.4, -0.2) is 40.9 Å². The minimum Gasteiger partial charge on any atom is -0.495 e. The van der Waals surface area contributed by atoms with Crippen LogP contribution in [0, 0.1) is 0 Å². The molecule has 0 aliphatic heterocycles. The van der Waals surface area contributed by atoms with Crippen LogP contribution in [0.2, 0.25) is 0 Å². The van der Waals surface area contributed by atoms with Crippen LogP contribution in [0.5, 0.6) is 11.5 Å². The van der Waals surface area contributed by atoms with Crippen LogP contribution in [0.15, 0.2) is 76.9 Å². The van der Waals surface area contributed by atoms with E-state index in [2.05, 4.69) is 36.7 Å². The zero-order valence-corrected chi connectivity index (χ0v) is 22.0. The van der Waals surface area contributed by atoms with Crippen molar-refractivity contribution >= 4 is 57.5 Å². The van der Waals surface area contributed by atoms with E-state index in [1.807, 2.05) is 80.6 Å². The number of hydrogen-bond donors (Lipinski definition) is 4. The first-order valence-corrected chi connectivity index (χ1v) is 11.7. The van der Waals surface area contributed by atoms with Gasteiger partial charge in [-0.1, -0.05) is 30.3 Å². The monoisotopic (exact) mass is 521 g/mol. The van der Waals surface area contributed by atoms with Crippen molar-refractivity contribution in [3.8, 4) is 11.5 Å². The molecule has 186 valence electrons. The quantitative estimate of drug-likeness (QED) is 0.193. The molecule has 0 saturated carbocycles. The minimum absolute atomic E-state index is 0.327. The first-order valence-electron chi connectivity index (χ1n) is 10.9. The molecule has 3 aromatic rings. The number of pyridine rings is 1. The van der Waals surface area contributed by atoms with Gasteiger partial charge in [0, 0.05) is 0 Å². The van der Waals surface area contributed by atoms with Crippen LogP contribution in [-0.2, 0) is 0 Å². The third-order valence-electron chi connectivity index (χ3n) is 4.85. The zero-order valence-electron chi connectivity index (χ0n) is 20.3. The molecule has 0 bridgehead atoms. The molecule has 36 heavy (non-hydrogen) atoms. The normalized spacial score (nSPS) is 11.3. The maximum atomic E-state index is 5.34. The summed E-state index contributed by atoms with van der Waals surface area (Å²) in [5.41, 5.74) is 9.79. The fourth-order valence-corrected chi connectivity index (χ4v) is 3.33. The molecule has 0 saturated heterocycles. The van der Waals surface area contributed by atoms with E-state index < -0.39 is 0 Å². The predicted molar refractivity (Wildman–Crippen MR) is 153 cm³/mol. The Kier molecular flexibility index (Phi) is 9.66. The van der Waals surface area contributed by atoms with Crippen LogP contribution >= 0.6 is 24.4 Å². The number of rotatable bonds is 8. The number of methoxy groups -OCH3 is 2. The number of thiocarbonyl (C=S) groups is 2. The second-order valence-corrected chi connectivity index (χ2v) is 8.15. The van der Waals surface area contributed by atoms with E-state index in [-0.39, 0.29) is 0 Å². The summed E-state index contributed by atoms with van der Waals surface area (Å²) in [7, 11) is 3.20. The van der Waals surface area contributed by atoms with Gasteiger partial charge in [0.1, 0.15) is 11.5 Å². The summed E-state index contributed by atoms with van der Waals surface area (Å²) in [4.78, 5) is 4.64. The molecule has 0 aliphatic carbocycles. The molecular weight excluding hydrogens is 494 g/mol. The Labute approximate surface area is 221 Å². The summed E-state index contributed by atoms with van der Waals surface area (Å²) >= 11 is 10.7. The van der Waals surface area contributed by atoms with Crippen LogP contribution in [0.3, 0.4) is 0 Å². The molecule has 0 radical (unpaired) electrons. The second kappa shape index (κ2) is 13.1. The number of benzene rings is 2. The Balaban J connectivity index is 1.61. The molecule has 0 amide bonds. The Bertz CT molecular complexity index is 1200. The molecule has 1 aromatic heterocycles. The van der Waals surface area contributed by atoms with Gasteiger partial charge in [0.25, 0.3) is 0 Å². The molecule has 0 unspecified atom stereocenters. The summed E-state index contributed by atoms with van der Waals surface area (Å²) < 4.78 is 10.6. The lowest BCUT2D eigenvalue weighted by atomic mass is 10.2. The maximum Gasteiger partial charge on any atom is 0.191 e. The molecule has 0 spiro atoms. The van der Waals surface area contributed by atoms with E-state index in [9.17, 15) is 0 Å². The van der Waals surface area contributed by atoms with Crippen molar-refractivity contribution < 1.29 is 9.47 Å². The first kappa shape index (κ1) is 26.5. The summed E-state index contributed by atoms with van der Waals surface area (Å²) in [6.45, 7) is 3.67. The summed E-state index contributed by atoms with van der Waals surface area (Å²) in [6.07, 6.45) is 0. The van der Waals surface area contributed by atoms with Gasteiger partial charge in [-0.05, 0) is 74.7 Å². The Morgan fingerprint density at radius 2 is 1.08 bits per heavy atom. The van der Waals surface area contributed by atoms with Gasteiger partial charge in [-0.3, -0.25) is 10.9 Å². The minimum atomic E-state index is 0.327. The predicted octanol–water partition coefficient (Wildman–Crippen LogP) is 4.52. The average molecular weight is 522 g/mol. The van der Waals surface area contributed by atoms with Crippen molar-refractivity contribution in [3.63, 3.8) is 0 Å². The average Bonchev–Trinajstić information content (AvgIpc) is 2.91. The van der Waals surface area contributed by atoms with Crippen LogP contribution < -0.4 is 31.0 Å². The smallest absolute Gasteiger partial charge is 0.191 e. The first-order chi connectivity index (χ1) is 17.4. The van der Waals surface area contributed by atoms with Crippen LogP contribution in [0.1, 0.15) is 25.2 Å². The fourth-order valence-electron chi connectivity index (χ4n) is 3.02. The lowest BCUT2D eigenvalue weighted by molar-refractivity contribution is 0.417. The van der Waals surface area contributed by atoms with E-state index >= 15 is 0 Å². The van der Waals surface area contributed by atoms with Gasteiger partial charge in [-0.15, -0.1) is 0 Å². The maximum absolute atomic E-state index is 5.34. The van der Waals surface area contributed by atoms with E-state index in [0.29, 0.717) is 44.5 Å². The topological polar surface area (TPSA) is 104 Å². The van der Waals surface area contributed by atoms with E-state index in [1.165, 1.54) is 0 Å². The highest BCUT2D eigenvalue weighted by Crippen LogP contribution is 2.23. The van der Waals surface area contributed by atoms with E-state index in [1.54, 1.807) is 14.2 Å². The Morgan fingerprint density at radius 3 is 1.50 bits per heavy atom. The molecule has 9 nitrogen and oxygen atoms in total. The highest BCUT2D eigenvalue weighted by Gasteiger charge is 2.07. The van der Waals surface area contributed by atoms with Crippen molar-refractivity contribution in [2.45, 2.75) is 13.8 Å². The van der Waals surface area contributed by atoms with Crippen molar-refractivity contribution in [2.75, 3.05) is 24.9 Å². The Morgan fingerprint density at radius 1 is 0.667 bits per heavy atom. The van der Waals surface area contributed by atoms with Gasteiger partial charge in [0.05, 0.1) is 48.4 Å². The summed E-state index contributed by atoms with van der Waals surface area (Å²) in [5.74, 6) is 1.36. The van der Waals surface area contributed by atoms with Gasteiger partial charge in [0.15, 0.2) is 10.2 Å². The highest BCUT2D eigenvalue weighted by atomic mass is 32.1. The van der Waals surface area contributed by atoms with Crippen LogP contribution in [0.25, 0.3) is 0 Å². The lowest BCUT2D eigenvalue weighted by Gasteiger charge is -2.12. The number of para-hydroxylation sites is 4. The number of hydrazone groups is 2. The highest BCUT2D eigenvalue weighted by molar-refractivity contribution is 7.80. The Hall–Kier alpha value is -4.09. The molecule has 3 rings (SSSR count). The van der Waals surface area contributed by atoms with Gasteiger partial charge in [-0.25, -0.2) is 4.98 Å². The largest absolute Gasteiger partial charge is 0.495 e. The fraction of sp³-hybridized carbons (Fsp3) is 0.160. The van der Waals surface area contributed by atoms with Crippen molar-refractivity contribution in [1.82, 2.24) is 15.8 Å². The number of hydrogen-bond acceptors (Lipinski definition) is 7. The number of aromatic nitrogens is 1. The van der Waals surface area contributed by atoms with Crippen LogP contribution in [0.4, 0.5) is 11.4 Å². The van der Waals surface area contributed by atoms with Crippen molar-refractivity contribution in [3.05, 3.63) is 78.1 Å². The van der Waals surface area contributed by atoms with Gasteiger partial charge >= 0.3 is 0 Å². The van der Waals surface area contributed by atoms with E-state index in [4.69, 9.17) is 33.9 Å². The summed E-state index contributed by atoms with van der Waals surface area (Å²) in [6, 6.07) is 20.5. The van der Waals surface area contributed by atoms with Crippen molar-refractivity contribution in [1.29, 1.82) is 0 Å². The van der Waals surface area contributed by atoms with Gasteiger partial charge in [0.2, 0.25) is 0 Å². The summed E-state index contributed by atoms with van der Waals surface area (Å²) in [5, 5.41) is 15.5. The molecular formula is C25H27N7O2S2.